The zero-order valence-corrected chi connectivity index (χ0v) is 13.7. The third-order valence-electron chi connectivity index (χ3n) is 3.13. The normalized spacial score (nSPS) is 24.5. The molecule has 0 unspecified atom stereocenters. The Morgan fingerprint density at radius 3 is 2.44 bits per heavy atom. The summed E-state index contributed by atoms with van der Waals surface area (Å²) in [4.78, 5) is 0. The second-order valence-electron chi connectivity index (χ2n) is 4.90. The topological polar surface area (TPSA) is 91.3 Å². The van der Waals surface area contributed by atoms with Crippen LogP contribution in [0, 0.1) is 0 Å². The number of alkyl halides is 3. The molecule has 1 N–H and O–H groups in total. The third kappa shape index (κ3) is 4.84. The van der Waals surface area contributed by atoms with Gasteiger partial charge in [-0.05, 0) is 12.1 Å². The van der Waals surface area contributed by atoms with Crippen molar-refractivity contribution < 1.29 is 45.1 Å². The molecule has 0 aliphatic carbocycles. The fraction of sp³-hybridized carbons (Fsp3) is 0.429. The van der Waals surface area contributed by atoms with E-state index in [2.05, 4.69) is 4.18 Å². The van der Waals surface area contributed by atoms with Gasteiger partial charge in [-0.3, -0.25) is 0 Å². The minimum atomic E-state index is -5.93. The molecule has 0 fully saturated rings. The van der Waals surface area contributed by atoms with Crippen LogP contribution in [0.15, 0.2) is 42.2 Å². The minimum Gasteiger partial charge on any atom is -0.491 e. The summed E-state index contributed by atoms with van der Waals surface area (Å²) in [5.74, 6) is -0.427. The van der Waals surface area contributed by atoms with Crippen molar-refractivity contribution in [3.05, 3.63) is 42.2 Å². The summed E-state index contributed by atoms with van der Waals surface area (Å²) in [5.41, 5.74) is -5.63. The summed E-state index contributed by atoms with van der Waals surface area (Å²) in [6.45, 7) is -0.280. The second-order valence-corrected chi connectivity index (χ2v) is 6.44. The van der Waals surface area contributed by atoms with E-state index < -0.39 is 39.9 Å². The van der Waals surface area contributed by atoms with Gasteiger partial charge in [-0.15, -0.1) is 0 Å². The maximum Gasteiger partial charge on any atom is 0.534 e. The molecule has 1 aromatic carbocycles. The molecule has 0 amide bonds. The summed E-state index contributed by atoms with van der Waals surface area (Å²) in [6.07, 6.45) is -3.43. The molecule has 25 heavy (non-hydrogen) atoms. The lowest BCUT2D eigenvalue weighted by atomic mass is 10.1. The van der Waals surface area contributed by atoms with Crippen LogP contribution in [-0.4, -0.2) is 51.2 Å². The lowest BCUT2D eigenvalue weighted by molar-refractivity contribution is -0.175. The maximum absolute atomic E-state index is 12.5. The Kier molecular flexibility index (Phi) is 5.93. The number of rotatable bonds is 6. The van der Waals surface area contributed by atoms with E-state index in [9.17, 15) is 26.7 Å². The summed E-state index contributed by atoms with van der Waals surface area (Å²) in [6, 6.07) is 8.36. The molecule has 11 heteroatoms. The number of aliphatic hydroxyl groups is 1. The van der Waals surface area contributed by atoms with Crippen molar-refractivity contribution in [2.75, 3.05) is 13.7 Å². The van der Waals surface area contributed by atoms with Crippen molar-refractivity contribution in [1.82, 2.24) is 0 Å². The molecule has 0 spiro atoms. The summed E-state index contributed by atoms with van der Waals surface area (Å²) in [5, 5.41) is 10.1. The molecule has 1 aliphatic heterocycles. The van der Waals surface area contributed by atoms with Gasteiger partial charge in [-0.25, -0.2) is 0 Å². The molecule has 1 aromatic rings. The third-order valence-corrected chi connectivity index (χ3v) is 4.11. The number of benzene rings is 1. The van der Waals surface area contributed by atoms with Crippen LogP contribution in [0.1, 0.15) is 0 Å². The quantitative estimate of drug-likeness (QED) is 0.588. The molecular weight excluding hydrogens is 369 g/mol. The van der Waals surface area contributed by atoms with Crippen molar-refractivity contribution >= 4 is 10.1 Å². The molecule has 7 nitrogen and oxygen atoms in total. The Morgan fingerprint density at radius 2 is 1.88 bits per heavy atom. The number of para-hydroxylation sites is 1. The Hall–Kier alpha value is -1.82. The predicted molar refractivity (Wildman–Crippen MR) is 77.8 cm³/mol. The largest absolute Gasteiger partial charge is 0.534 e. The Labute approximate surface area is 141 Å². The average molecular weight is 384 g/mol. The summed E-state index contributed by atoms with van der Waals surface area (Å²) in [7, 11) is -4.75. The van der Waals surface area contributed by atoms with Crippen molar-refractivity contribution in [2.24, 2.45) is 0 Å². The predicted octanol–water partition coefficient (Wildman–Crippen LogP) is 1.55. The first kappa shape index (κ1) is 19.5. The van der Waals surface area contributed by atoms with Gasteiger partial charge in [0.05, 0.1) is 0 Å². The van der Waals surface area contributed by atoms with Crippen LogP contribution in [0.25, 0.3) is 0 Å². The number of methoxy groups -OCH3 is 1. The lowest BCUT2D eigenvalue weighted by Crippen LogP contribution is -2.44. The van der Waals surface area contributed by atoms with E-state index in [4.69, 9.17) is 14.2 Å². The first-order valence-corrected chi connectivity index (χ1v) is 8.31. The van der Waals surface area contributed by atoms with Gasteiger partial charge in [0.15, 0.2) is 12.0 Å². The molecule has 140 valence electrons. The Morgan fingerprint density at radius 1 is 1.24 bits per heavy atom. The zero-order chi connectivity index (χ0) is 18.7. The van der Waals surface area contributed by atoms with Crippen molar-refractivity contribution in [3.63, 3.8) is 0 Å². The van der Waals surface area contributed by atoms with Gasteiger partial charge in [0.2, 0.25) is 0 Å². The SMILES string of the molecule is CO[C@@H]1C=C(OS(=O)(=O)C(F)(F)F)[C@H](O)[C@@H](COc2ccccc2)O1. The Bertz CT molecular complexity index is 703. The molecule has 2 rings (SSSR count). The number of hydrogen-bond donors (Lipinski definition) is 1. The smallest absolute Gasteiger partial charge is 0.491 e. The van der Waals surface area contributed by atoms with Crippen molar-refractivity contribution in [1.29, 1.82) is 0 Å². The first-order chi connectivity index (χ1) is 11.6. The standard InChI is InChI=1S/C14H15F3O7S/c1-21-12-7-10(24-25(19,20)14(15,16)17)13(18)11(23-12)8-22-9-5-3-2-4-6-9/h2-7,11-13,18H,8H2,1H3/t11-,12+,13+/m1/s1. The molecule has 0 radical (unpaired) electrons. The van der Waals surface area contributed by atoms with Gasteiger partial charge < -0.3 is 23.5 Å². The van der Waals surface area contributed by atoms with Gasteiger partial charge in [0.25, 0.3) is 0 Å². The molecule has 0 bridgehead atoms. The van der Waals surface area contributed by atoms with E-state index in [-0.39, 0.29) is 6.61 Å². The molecule has 0 saturated heterocycles. The van der Waals surface area contributed by atoms with Gasteiger partial charge in [0, 0.05) is 13.2 Å². The number of aliphatic hydroxyl groups excluding tert-OH is 1. The summed E-state index contributed by atoms with van der Waals surface area (Å²) < 4.78 is 79.1. The van der Waals surface area contributed by atoms with Gasteiger partial charge in [-0.1, -0.05) is 18.2 Å². The molecular formula is C14H15F3O7S. The van der Waals surface area contributed by atoms with Crippen molar-refractivity contribution in [3.8, 4) is 5.75 Å². The van der Waals surface area contributed by atoms with Crippen LogP contribution in [0.3, 0.4) is 0 Å². The van der Waals surface area contributed by atoms with Crippen LogP contribution in [0.4, 0.5) is 13.2 Å². The highest BCUT2D eigenvalue weighted by Gasteiger charge is 2.50. The van der Waals surface area contributed by atoms with E-state index in [1.54, 1.807) is 30.3 Å². The highest BCUT2D eigenvalue weighted by Crippen LogP contribution is 2.30. The Balaban J connectivity index is 2.13. The highest BCUT2D eigenvalue weighted by molar-refractivity contribution is 7.87. The van der Waals surface area contributed by atoms with E-state index in [0.29, 0.717) is 5.75 Å². The number of hydrogen-bond acceptors (Lipinski definition) is 7. The van der Waals surface area contributed by atoms with Crippen molar-refractivity contribution in [2.45, 2.75) is 24.0 Å². The lowest BCUT2D eigenvalue weighted by Gasteiger charge is -2.32. The molecule has 3 atom stereocenters. The van der Waals surface area contributed by atoms with Crippen LogP contribution in [-0.2, 0) is 23.8 Å². The first-order valence-electron chi connectivity index (χ1n) is 6.90. The van der Waals surface area contributed by atoms with Crippen LogP contribution >= 0.6 is 0 Å². The van der Waals surface area contributed by atoms with Crippen LogP contribution in [0.2, 0.25) is 0 Å². The average Bonchev–Trinajstić information content (AvgIpc) is 2.55. The summed E-state index contributed by atoms with van der Waals surface area (Å²) >= 11 is 0. The maximum atomic E-state index is 12.5. The molecule has 1 aliphatic rings. The zero-order valence-electron chi connectivity index (χ0n) is 12.8. The van der Waals surface area contributed by atoms with Gasteiger partial charge >= 0.3 is 15.6 Å². The highest BCUT2D eigenvalue weighted by atomic mass is 32.2. The van der Waals surface area contributed by atoms with E-state index >= 15 is 0 Å². The van der Waals surface area contributed by atoms with Crippen LogP contribution < -0.4 is 4.74 Å². The number of halogens is 3. The fourth-order valence-electron chi connectivity index (χ4n) is 1.90. The van der Waals surface area contributed by atoms with E-state index in [0.717, 1.165) is 6.08 Å². The fourth-order valence-corrected chi connectivity index (χ4v) is 2.40. The molecule has 1 heterocycles. The molecule has 0 aromatic heterocycles. The second kappa shape index (κ2) is 7.60. The minimum absolute atomic E-state index is 0.280. The van der Waals surface area contributed by atoms with E-state index in [1.165, 1.54) is 7.11 Å². The monoisotopic (exact) mass is 384 g/mol. The molecule has 0 saturated carbocycles. The van der Waals surface area contributed by atoms with E-state index in [1.807, 2.05) is 0 Å². The van der Waals surface area contributed by atoms with Gasteiger partial charge in [0.1, 0.15) is 24.6 Å². The number of ether oxygens (including phenoxy) is 3. The van der Waals surface area contributed by atoms with Crippen LogP contribution in [0.5, 0.6) is 5.75 Å². The van der Waals surface area contributed by atoms with Gasteiger partial charge in [-0.2, -0.15) is 21.6 Å².